The number of anilines is 1. The number of hydrogen-bond donors (Lipinski definition) is 1. The highest BCUT2D eigenvalue weighted by Crippen LogP contribution is 2.23. The molecule has 1 heterocycles. The van der Waals surface area contributed by atoms with Gasteiger partial charge in [-0.1, -0.05) is 30.0 Å². The summed E-state index contributed by atoms with van der Waals surface area (Å²) in [6.45, 7) is 4.84. The number of aromatic nitrogens is 3. The number of nitrogens with two attached hydrogens (primary N) is 1. The zero-order chi connectivity index (χ0) is 14.4. The Morgan fingerprint density at radius 2 is 2.00 bits per heavy atom. The maximum Gasteiger partial charge on any atom is 0.222 e. The molecule has 0 fully saturated rings. The summed E-state index contributed by atoms with van der Waals surface area (Å²) in [6, 6.07) is 10.1. The Hall–Kier alpha value is -1.69. The number of nitrogen functional groups attached to an aromatic ring is 1. The fraction of sp³-hybridized carbons (Fsp3) is 0.429. The number of para-hydroxylation sites is 1. The molecule has 1 aromatic heterocycles. The first-order valence-corrected chi connectivity index (χ1v) is 7.68. The molecule has 0 atom stereocenters. The Balaban J connectivity index is 1.74. The summed E-state index contributed by atoms with van der Waals surface area (Å²) >= 11 is 1.66. The van der Waals surface area contributed by atoms with E-state index in [1.807, 2.05) is 34.9 Å². The third kappa shape index (κ3) is 3.90. The molecule has 0 radical (unpaired) electrons. The minimum atomic E-state index is 0.271. The smallest absolute Gasteiger partial charge is 0.222 e. The highest BCUT2D eigenvalue weighted by molar-refractivity contribution is 7.99. The van der Waals surface area contributed by atoms with Crippen LogP contribution in [0.5, 0.6) is 5.75 Å². The molecular weight excluding hydrogens is 272 g/mol. The van der Waals surface area contributed by atoms with Crippen LogP contribution < -0.4 is 10.5 Å². The molecular formula is C14H20N4OS. The van der Waals surface area contributed by atoms with Gasteiger partial charge in [0.15, 0.2) is 5.16 Å². The molecule has 2 rings (SSSR count). The largest absolute Gasteiger partial charge is 0.494 e. The topological polar surface area (TPSA) is 66.0 Å². The summed E-state index contributed by atoms with van der Waals surface area (Å²) in [7, 11) is 0. The Kier molecular flexibility index (Phi) is 5.29. The van der Waals surface area contributed by atoms with E-state index in [1.165, 1.54) is 0 Å². The summed E-state index contributed by atoms with van der Waals surface area (Å²) in [6.07, 6.45) is 0.949. The minimum Gasteiger partial charge on any atom is -0.494 e. The van der Waals surface area contributed by atoms with E-state index in [4.69, 9.17) is 10.5 Å². The quantitative estimate of drug-likeness (QED) is 0.627. The molecule has 2 N–H and O–H groups in total. The first-order valence-electron chi connectivity index (χ1n) is 6.69. The van der Waals surface area contributed by atoms with Gasteiger partial charge in [0.05, 0.1) is 6.61 Å². The average Bonchev–Trinajstić information content (AvgIpc) is 2.81. The predicted octanol–water partition coefficient (Wildman–Crippen LogP) is 3.00. The van der Waals surface area contributed by atoms with Crippen LogP contribution in [0.2, 0.25) is 0 Å². The van der Waals surface area contributed by atoms with Crippen molar-refractivity contribution < 1.29 is 4.74 Å². The normalized spacial score (nSPS) is 10.9. The monoisotopic (exact) mass is 292 g/mol. The van der Waals surface area contributed by atoms with E-state index in [2.05, 4.69) is 24.0 Å². The number of hydrogen-bond acceptors (Lipinski definition) is 5. The molecule has 0 aliphatic heterocycles. The molecule has 0 saturated heterocycles. The van der Waals surface area contributed by atoms with Crippen LogP contribution >= 0.6 is 11.8 Å². The first kappa shape index (κ1) is 14.7. The van der Waals surface area contributed by atoms with E-state index in [0.29, 0.717) is 12.6 Å². The van der Waals surface area contributed by atoms with Gasteiger partial charge in [0.2, 0.25) is 5.95 Å². The molecule has 0 aliphatic rings. The Labute approximate surface area is 123 Å². The van der Waals surface area contributed by atoms with Crippen molar-refractivity contribution in [2.24, 2.45) is 0 Å². The third-order valence-corrected chi connectivity index (χ3v) is 3.77. The second-order valence-corrected chi connectivity index (χ2v) is 5.73. The van der Waals surface area contributed by atoms with Crippen LogP contribution in [0.15, 0.2) is 35.5 Å². The number of benzene rings is 1. The van der Waals surface area contributed by atoms with Crippen LogP contribution in [0.25, 0.3) is 0 Å². The molecule has 0 unspecified atom stereocenters. The zero-order valence-electron chi connectivity index (χ0n) is 11.8. The molecule has 0 bridgehead atoms. The molecule has 108 valence electrons. The van der Waals surface area contributed by atoms with Crippen molar-refractivity contribution in [1.29, 1.82) is 0 Å². The van der Waals surface area contributed by atoms with Gasteiger partial charge in [-0.15, -0.1) is 10.2 Å². The molecule has 2 aromatic rings. The Morgan fingerprint density at radius 1 is 1.25 bits per heavy atom. The van der Waals surface area contributed by atoms with Crippen molar-refractivity contribution >= 4 is 17.7 Å². The van der Waals surface area contributed by atoms with Gasteiger partial charge in [0.25, 0.3) is 0 Å². The number of thioether (sulfide) groups is 1. The van der Waals surface area contributed by atoms with E-state index in [9.17, 15) is 0 Å². The van der Waals surface area contributed by atoms with Crippen molar-refractivity contribution in [1.82, 2.24) is 14.8 Å². The van der Waals surface area contributed by atoms with Gasteiger partial charge in [0, 0.05) is 11.8 Å². The SMILES string of the molecule is CC(C)n1c(N)nnc1SCCCOc1ccccc1. The van der Waals surface area contributed by atoms with Gasteiger partial charge in [-0.3, -0.25) is 4.57 Å². The van der Waals surface area contributed by atoms with Crippen LogP contribution in [0.4, 0.5) is 5.95 Å². The van der Waals surface area contributed by atoms with Crippen molar-refractivity contribution in [3.8, 4) is 5.75 Å². The van der Waals surface area contributed by atoms with Crippen molar-refractivity contribution in [2.45, 2.75) is 31.5 Å². The Morgan fingerprint density at radius 3 is 2.70 bits per heavy atom. The van der Waals surface area contributed by atoms with Gasteiger partial charge in [0.1, 0.15) is 5.75 Å². The summed E-state index contributed by atoms with van der Waals surface area (Å²) < 4.78 is 7.59. The summed E-state index contributed by atoms with van der Waals surface area (Å²) in [5.74, 6) is 2.31. The maximum absolute atomic E-state index is 5.80. The highest BCUT2D eigenvalue weighted by atomic mass is 32.2. The lowest BCUT2D eigenvalue weighted by atomic mass is 10.3. The molecule has 20 heavy (non-hydrogen) atoms. The second-order valence-electron chi connectivity index (χ2n) is 4.67. The molecule has 1 aromatic carbocycles. The average molecular weight is 292 g/mol. The van der Waals surface area contributed by atoms with Crippen LogP contribution in [-0.4, -0.2) is 27.1 Å². The molecule has 0 saturated carbocycles. The van der Waals surface area contributed by atoms with Gasteiger partial charge < -0.3 is 10.5 Å². The van der Waals surface area contributed by atoms with Crippen molar-refractivity contribution in [3.05, 3.63) is 30.3 Å². The summed E-state index contributed by atoms with van der Waals surface area (Å²) in [5.41, 5.74) is 5.80. The molecule has 0 amide bonds. The fourth-order valence-corrected chi connectivity index (χ4v) is 2.79. The standard InChI is InChI=1S/C14H20N4OS/c1-11(2)18-13(15)16-17-14(18)20-10-6-9-19-12-7-4-3-5-8-12/h3-5,7-8,11H,6,9-10H2,1-2H3,(H2,15,16). The van der Waals surface area contributed by atoms with Gasteiger partial charge in [-0.05, 0) is 32.4 Å². The van der Waals surface area contributed by atoms with Crippen molar-refractivity contribution in [2.75, 3.05) is 18.1 Å². The summed E-state index contributed by atoms with van der Waals surface area (Å²) in [4.78, 5) is 0. The van der Waals surface area contributed by atoms with E-state index in [1.54, 1.807) is 11.8 Å². The number of rotatable bonds is 7. The fourth-order valence-electron chi connectivity index (χ4n) is 1.80. The van der Waals surface area contributed by atoms with Gasteiger partial charge >= 0.3 is 0 Å². The van der Waals surface area contributed by atoms with E-state index < -0.39 is 0 Å². The van der Waals surface area contributed by atoms with Crippen LogP contribution in [-0.2, 0) is 0 Å². The second kappa shape index (κ2) is 7.19. The lowest BCUT2D eigenvalue weighted by Gasteiger charge is -2.11. The lowest BCUT2D eigenvalue weighted by molar-refractivity contribution is 0.318. The highest BCUT2D eigenvalue weighted by Gasteiger charge is 2.12. The molecule has 5 nitrogen and oxygen atoms in total. The first-order chi connectivity index (χ1) is 9.68. The van der Waals surface area contributed by atoms with E-state index in [-0.39, 0.29) is 6.04 Å². The van der Waals surface area contributed by atoms with E-state index >= 15 is 0 Å². The van der Waals surface area contributed by atoms with E-state index in [0.717, 1.165) is 23.1 Å². The van der Waals surface area contributed by atoms with Gasteiger partial charge in [-0.2, -0.15) is 0 Å². The van der Waals surface area contributed by atoms with Crippen molar-refractivity contribution in [3.63, 3.8) is 0 Å². The van der Waals surface area contributed by atoms with Crippen LogP contribution in [0.3, 0.4) is 0 Å². The number of ether oxygens (including phenoxy) is 1. The number of nitrogens with zero attached hydrogens (tertiary/aromatic N) is 3. The van der Waals surface area contributed by atoms with Crippen LogP contribution in [0.1, 0.15) is 26.3 Å². The van der Waals surface area contributed by atoms with Gasteiger partial charge in [-0.25, -0.2) is 0 Å². The zero-order valence-corrected chi connectivity index (χ0v) is 12.6. The maximum atomic E-state index is 5.80. The third-order valence-electron chi connectivity index (χ3n) is 2.74. The minimum absolute atomic E-state index is 0.271. The summed E-state index contributed by atoms with van der Waals surface area (Å²) in [5, 5.41) is 8.90. The molecule has 0 spiro atoms. The Bertz CT molecular complexity index is 527. The molecule has 6 heteroatoms. The molecule has 0 aliphatic carbocycles. The predicted molar refractivity (Wildman–Crippen MR) is 82.1 cm³/mol. The lowest BCUT2D eigenvalue weighted by Crippen LogP contribution is -2.07. The van der Waals surface area contributed by atoms with Crippen LogP contribution in [0, 0.1) is 0 Å².